The Morgan fingerprint density at radius 1 is 1.27 bits per heavy atom. The fourth-order valence-corrected chi connectivity index (χ4v) is 2.72. The summed E-state index contributed by atoms with van der Waals surface area (Å²) in [5.41, 5.74) is 1.30. The van der Waals surface area contributed by atoms with Crippen molar-refractivity contribution in [2.75, 3.05) is 13.9 Å². The van der Waals surface area contributed by atoms with Crippen LogP contribution in [0.1, 0.15) is 23.5 Å². The van der Waals surface area contributed by atoms with Crippen LogP contribution in [0.2, 0.25) is 0 Å². The van der Waals surface area contributed by atoms with Crippen LogP contribution in [0.25, 0.3) is 6.08 Å². The molecular weight excluding hydrogens is 338 g/mol. The molecule has 7 heteroatoms. The zero-order valence-corrected chi connectivity index (χ0v) is 14.1. The predicted octanol–water partition coefficient (Wildman–Crippen LogP) is 3.68. The molecule has 0 radical (unpaired) electrons. The van der Waals surface area contributed by atoms with Gasteiger partial charge in [0.2, 0.25) is 6.79 Å². The second kappa shape index (κ2) is 7.69. The van der Waals surface area contributed by atoms with Crippen molar-refractivity contribution >= 4 is 17.7 Å². The van der Waals surface area contributed by atoms with Crippen molar-refractivity contribution < 1.29 is 23.9 Å². The van der Waals surface area contributed by atoms with Crippen molar-refractivity contribution in [3.8, 4) is 11.5 Å². The molecule has 0 fully saturated rings. The Morgan fingerprint density at radius 3 is 2.81 bits per heavy atom. The highest BCUT2D eigenvalue weighted by Crippen LogP contribution is 2.36. The third-order valence-electron chi connectivity index (χ3n) is 4.08. The Balaban J connectivity index is 1.92. The van der Waals surface area contributed by atoms with E-state index >= 15 is 0 Å². The van der Waals surface area contributed by atoms with Gasteiger partial charge in [-0.2, -0.15) is 0 Å². The van der Waals surface area contributed by atoms with Crippen LogP contribution >= 0.6 is 0 Å². The minimum Gasteiger partial charge on any atom is -0.469 e. The maximum Gasteiger partial charge on any atom is 0.306 e. The third-order valence-corrected chi connectivity index (χ3v) is 4.08. The van der Waals surface area contributed by atoms with Crippen LogP contribution in [0.5, 0.6) is 11.5 Å². The Bertz CT molecular complexity index is 861. The highest BCUT2D eigenvalue weighted by atomic mass is 16.7. The number of para-hydroxylation sites is 1. The number of methoxy groups -OCH3 is 1. The van der Waals surface area contributed by atoms with Crippen LogP contribution in [-0.2, 0) is 9.53 Å². The summed E-state index contributed by atoms with van der Waals surface area (Å²) in [6, 6.07) is 11.9. The Labute approximate surface area is 150 Å². The standard InChI is InChI=1S/C19H17NO6/c1-24-19(21)11-15(14-8-9-17-18(10-14)26-12-25-17)7-6-13-4-2-3-5-16(13)20(22)23/h2-10,15H,11-12H2,1H3/b7-6+. The van der Waals surface area contributed by atoms with E-state index in [9.17, 15) is 14.9 Å². The van der Waals surface area contributed by atoms with Crippen molar-refractivity contribution in [2.24, 2.45) is 0 Å². The summed E-state index contributed by atoms with van der Waals surface area (Å²) in [6.45, 7) is 0.159. The molecule has 0 aromatic heterocycles. The summed E-state index contributed by atoms with van der Waals surface area (Å²) < 4.78 is 15.5. The lowest BCUT2D eigenvalue weighted by Crippen LogP contribution is -2.07. The second-order valence-corrected chi connectivity index (χ2v) is 5.67. The maximum atomic E-state index is 11.8. The zero-order valence-electron chi connectivity index (χ0n) is 14.1. The summed E-state index contributed by atoms with van der Waals surface area (Å²) in [5.74, 6) is 0.557. The first-order valence-electron chi connectivity index (χ1n) is 7.96. The summed E-state index contributed by atoms with van der Waals surface area (Å²) in [7, 11) is 1.32. The SMILES string of the molecule is COC(=O)CC(/C=C/c1ccccc1[N+](=O)[O-])c1ccc2c(c1)OCO2. The number of allylic oxidation sites excluding steroid dienone is 1. The minimum atomic E-state index is -0.435. The van der Waals surface area contributed by atoms with E-state index in [1.165, 1.54) is 13.2 Å². The number of carbonyl (C=O) groups is 1. The van der Waals surface area contributed by atoms with E-state index in [4.69, 9.17) is 14.2 Å². The van der Waals surface area contributed by atoms with Crippen molar-refractivity contribution in [3.05, 3.63) is 69.8 Å². The van der Waals surface area contributed by atoms with Gasteiger partial charge in [0.25, 0.3) is 5.69 Å². The number of nitrogens with zero attached hydrogens (tertiary/aromatic N) is 1. The number of rotatable bonds is 6. The van der Waals surface area contributed by atoms with Crippen LogP contribution in [0.3, 0.4) is 0 Å². The molecule has 0 N–H and O–H groups in total. The number of ether oxygens (including phenoxy) is 3. The van der Waals surface area contributed by atoms with Crippen LogP contribution < -0.4 is 9.47 Å². The molecular formula is C19H17NO6. The largest absolute Gasteiger partial charge is 0.469 e. The molecule has 134 valence electrons. The molecule has 1 unspecified atom stereocenters. The molecule has 0 bridgehead atoms. The fraction of sp³-hybridized carbons (Fsp3) is 0.211. The molecule has 1 heterocycles. The first-order valence-corrected chi connectivity index (χ1v) is 7.96. The summed E-state index contributed by atoms with van der Waals surface area (Å²) in [5, 5.41) is 11.2. The third kappa shape index (κ3) is 3.83. The minimum absolute atomic E-state index is 0.00579. The van der Waals surface area contributed by atoms with Crippen LogP contribution in [0.15, 0.2) is 48.5 Å². The number of hydrogen-bond donors (Lipinski definition) is 0. The number of benzene rings is 2. The molecule has 0 amide bonds. The molecule has 0 saturated heterocycles. The first kappa shape index (κ1) is 17.5. The topological polar surface area (TPSA) is 87.9 Å². The lowest BCUT2D eigenvalue weighted by Gasteiger charge is -2.13. The first-order chi connectivity index (χ1) is 12.6. The molecule has 1 aliphatic rings. The molecule has 7 nitrogen and oxygen atoms in total. The van der Waals surface area contributed by atoms with Gasteiger partial charge in [-0.1, -0.05) is 30.4 Å². The molecule has 0 spiro atoms. The maximum absolute atomic E-state index is 11.8. The van der Waals surface area contributed by atoms with E-state index in [0.29, 0.717) is 17.1 Å². The molecule has 3 rings (SSSR count). The molecule has 1 atom stereocenters. The van der Waals surface area contributed by atoms with Gasteiger partial charge in [-0.3, -0.25) is 14.9 Å². The van der Waals surface area contributed by atoms with Crippen molar-refractivity contribution in [1.82, 2.24) is 0 Å². The van der Waals surface area contributed by atoms with Gasteiger partial charge in [0.15, 0.2) is 11.5 Å². The number of hydrogen-bond acceptors (Lipinski definition) is 6. The van der Waals surface area contributed by atoms with Crippen LogP contribution in [0, 0.1) is 10.1 Å². The van der Waals surface area contributed by atoms with E-state index in [1.807, 2.05) is 6.07 Å². The Kier molecular flexibility index (Phi) is 5.17. The van der Waals surface area contributed by atoms with Gasteiger partial charge in [-0.15, -0.1) is 0 Å². The van der Waals surface area contributed by atoms with E-state index in [-0.39, 0.29) is 30.8 Å². The second-order valence-electron chi connectivity index (χ2n) is 5.67. The molecule has 1 aliphatic heterocycles. The number of fused-ring (bicyclic) bond motifs is 1. The monoisotopic (exact) mass is 355 g/mol. The summed E-state index contributed by atoms with van der Waals surface area (Å²) >= 11 is 0. The van der Waals surface area contributed by atoms with E-state index in [2.05, 4.69) is 0 Å². The molecule has 0 aliphatic carbocycles. The van der Waals surface area contributed by atoms with Gasteiger partial charge in [0.1, 0.15) is 0 Å². The van der Waals surface area contributed by atoms with Gasteiger partial charge in [-0.05, 0) is 23.8 Å². The average molecular weight is 355 g/mol. The molecule has 2 aromatic rings. The zero-order chi connectivity index (χ0) is 18.5. The number of carbonyl (C=O) groups excluding carboxylic acids is 1. The van der Waals surface area contributed by atoms with E-state index in [1.54, 1.807) is 42.5 Å². The van der Waals surface area contributed by atoms with Gasteiger partial charge in [0, 0.05) is 12.0 Å². The lowest BCUT2D eigenvalue weighted by molar-refractivity contribution is -0.385. The van der Waals surface area contributed by atoms with Crippen LogP contribution in [-0.4, -0.2) is 24.8 Å². The Morgan fingerprint density at radius 2 is 2.04 bits per heavy atom. The quantitative estimate of drug-likeness (QED) is 0.446. The summed E-state index contributed by atoms with van der Waals surface area (Å²) in [4.78, 5) is 22.5. The van der Waals surface area contributed by atoms with Gasteiger partial charge in [0.05, 0.1) is 24.0 Å². The van der Waals surface area contributed by atoms with Crippen molar-refractivity contribution in [3.63, 3.8) is 0 Å². The average Bonchev–Trinajstić information content (AvgIpc) is 3.12. The van der Waals surface area contributed by atoms with Gasteiger partial charge < -0.3 is 14.2 Å². The van der Waals surface area contributed by atoms with Crippen molar-refractivity contribution in [2.45, 2.75) is 12.3 Å². The lowest BCUT2D eigenvalue weighted by atomic mass is 9.94. The predicted molar refractivity (Wildman–Crippen MR) is 94.1 cm³/mol. The van der Waals surface area contributed by atoms with Crippen molar-refractivity contribution in [1.29, 1.82) is 0 Å². The molecule has 26 heavy (non-hydrogen) atoms. The van der Waals surface area contributed by atoms with E-state index in [0.717, 1.165) is 5.56 Å². The van der Waals surface area contributed by atoms with E-state index < -0.39 is 4.92 Å². The van der Waals surface area contributed by atoms with Gasteiger partial charge in [-0.25, -0.2) is 0 Å². The van der Waals surface area contributed by atoms with Gasteiger partial charge >= 0.3 is 5.97 Å². The number of esters is 1. The fourth-order valence-electron chi connectivity index (χ4n) is 2.72. The Hall–Kier alpha value is -3.35. The molecule has 2 aromatic carbocycles. The normalized spacial score (nSPS) is 13.6. The highest BCUT2D eigenvalue weighted by molar-refractivity contribution is 5.72. The number of nitro benzene ring substituents is 1. The highest BCUT2D eigenvalue weighted by Gasteiger charge is 2.19. The summed E-state index contributed by atoms with van der Waals surface area (Å²) in [6.07, 6.45) is 3.51. The molecule has 0 saturated carbocycles. The smallest absolute Gasteiger partial charge is 0.306 e. The van der Waals surface area contributed by atoms with Crippen LogP contribution in [0.4, 0.5) is 5.69 Å². The number of nitro groups is 1.